The average molecular weight is 464 g/mol. The molecule has 0 saturated carbocycles. The molecule has 0 fully saturated rings. The maximum Gasteiger partial charge on any atom is 0.274 e. The molecule has 2 atom stereocenters. The van der Waals surface area contributed by atoms with Gasteiger partial charge in [-0.15, -0.1) is 0 Å². The van der Waals surface area contributed by atoms with Gasteiger partial charge in [-0.25, -0.2) is 9.19 Å². The number of benzene rings is 2. The Morgan fingerprint density at radius 2 is 1.84 bits per heavy atom. The Labute approximate surface area is 189 Å². The predicted octanol–water partition coefficient (Wildman–Crippen LogP) is 5.34. The van der Waals surface area contributed by atoms with Crippen LogP contribution in [0, 0.1) is 6.92 Å². The molecule has 0 aliphatic carbocycles. The molecular weight excluding hydrogens is 434 g/mol. The maximum atomic E-state index is 12.5. The average Bonchev–Trinajstić information content (AvgIpc) is 3.05. The minimum absolute atomic E-state index is 0.0144. The van der Waals surface area contributed by atoms with Gasteiger partial charge in [0.15, 0.2) is 11.1 Å². The van der Waals surface area contributed by atoms with E-state index in [4.69, 9.17) is 13.7 Å². The smallest absolute Gasteiger partial charge is 0.274 e. The van der Waals surface area contributed by atoms with E-state index in [1.54, 1.807) is 18.2 Å². The van der Waals surface area contributed by atoms with E-state index < -0.39 is 22.8 Å². The van der Waals surface area contributed by atoms with Crippen molar-refractivity contribution in [2.75, 3.05) is 6.61 Å². The molecule has 0 aliphatic rings. The molecule has 0 saturated heterocycles. The molecule has 168 valence electrons. The highest BCUT2D eigenvalue weighted by atomic mass is 32.2. The van der Waals surface area contributed by atoms with Crippen molar-refractivity contribution in [1.29, 1.82) is 0 Å². The topological polar surface area (TPSA) is 77.9 Å². The van der Waals surface area contributed by atoms with Crippen LogP contribution in [0.4, 0.5) is 0 Å². The number of fused-ring (bicyclic) bond motifs is 1. The van der Waals surface area contributed by atoms with E-state index in [0.717, 1.165) is 10.3 Å². The molecule has 2 aromatic carbocycles. The summed E-state index contributed by atoms with van der Waals surface area (Å²) < 4.78 is 30.5. The second kappa shape index (κ2) is 9.65. The number of ether oxygens (including phenoxy) is 2. The van der Waals surface area contributed by atoms with Crippen molar-refractivity contribution in [1.82, 2.24) is 4.98 Å². The lowest BCUT2D eigenvalue weighted by atomic mass is 10.1. The first kappa shape index (κ1) is 23.7. The van der Waals surface area contributed by atoms with Crippen LogP contribution in [0.1, 0.15) is 51.8 Å². The normalized spacial score (nSPS) is 14.1. The Balaban J connectivity index is 1.87. The van der Waals surface area contributed by atoms with E-state index in [-0.39, 0.29) is 12.7 Å². The Hall–Kier alpha value is -2.00. The summed E-state index contributed by atoms with van der Waals surface area (Å²) in [6.45, 7) is 11.6. The van der Waals surface area contributed by atoms with Gasteiger partial charge < -0.3 is 14.6 Å². The summed E-state index contributed by atoms with van der Waals surface area (Å²) in [5, 5.41) is 11.4. The predicted molar refractivity (Wildman–Crippen MR) is 124 cm³/mol. The molecule has 0 aliphatic heterocycles. The van der Waals surface area contributed by atoms with E-state index in [1.165, 1.54) is 11.3 Å². The molecule has 8 heteroatoms. The Morgan fingerprint density at radius 1 is 1.16 bits per heavy atom. The molecule has 31 heavy (non-hydrogen) atoms. The molecule has 6 nitrogen and oxygen atoms in total. The first-order valence-corrected chi connectivity index (χ1v) is 12.0. The number of aliphatic hydroxyl groups is 1. The summed E-state index contributed by atoms with van der Waals surface area (Å²) in [7, 11) is 0. The summed E-state index contributed by atoms with van der Waals surface area (Å²) in [4.78, 5) is 5.10. The molecule has 3 aromatic rings. The Morgan fingerprint density at radius 3 is 2.45 bits per heavy atom. The SMILES string of the molecule is Cc1ccc(S(=O)OC[C@H](O)c2cc(OC(C)(C)C)cc3nc(OC(C)C)sc23)cc1. The van der Waals surface area contributed by atoms with Crippen LogP contribution in [0.3, 0.4) is 0 Å². The number of hydrogen-bond acceptors (Lipinski definition) is 7. The molecule has 0 radical (unpaired) electrons. The van der Waals surface area contributed by atoms with Gasteiger partial charge in [-0.1, -0.05) is 29.0 Å². The third-order valence-electron chi connectivity index (χ3n) is 4.14. The van der Waals surface area contributed by atoms with Crippen molar-refractivity contribution >= 4 is 32.6 Å². The maximum absolute atomic E-state index is 12.5. The zero-order valence-electron chi connectivity index (χ0n) is 18.7. The summed E-state index contributed by atoms with van der Waals surface area (Å²) in [6.07, 6.45) is -1.02. The van der Waals surface area contributed by atoms with Gasteiger partial charge in [-0.3, -0.25) is 4.18 Å². The van der Waals surface area contributed by atoms with Crippen molar-refractivity contribution < 1.29 is 23.0 Å². The van der Waals surface area contributed by atoms with Crippen LogP contribution in [0.5, 0.6) is 10.9 Å². The summed E-state index contributed by atoms with van der Waals surface area (Å²) in [6, 6.07) is 10.9. The fourth-order valence-corrected chi connectivity index (χ4v) is 4.68. The van der Waals surface area contributed by atoms with Crippen LogP contribution >= 0.6 is 11.3 Å². The number of thiazole rings is 1. The number of aromatic nitrogens is 1. The molecule has 1 unspecified atom stereocenters. The number of aryl methyl sites for hydroxylation is 1. The fraction of sp³-hybridized carbons (Fsp3) is 0.435. The van der Waals surface area contributed by atoms with Crippen molar-refractivity contribution in [3.63, 3.8) is 0 Å². The van der Waals surface area contributed by atoms with Crippen LogP contribution in [0.25, 0.3) is 10.2 Å². The quantitative estimate of drug-likeness (QED) is 0.486. The summed E-state index contributed by atoms with van der Waals surface area (Å²) in [5.74, 6) is 0.593. The fourth-order valence-electron chi connectivity index (χ4n) is 2.86. The third kappa shape index (κ3) is 6.49. The van der Waals surface area contributed by atoms with Gasteiger partial charge in [0.1, 0.15) is 17.5 Å². The van der Waals surface area contributed by atoms with Crippen molar-refractivity contribution in [2.45, 2.75) is 64.2 Å². The minimum Gasteiger partial charge on any atom is -0.488 e. The monoisotopic (exact) mass is 463 g/mol. The summed E-state index contributed by atoms with van der Waals surface area (Å²) in [5.41, 5.74) is 1.94. The second-order valence-corrected chi connectivity index (χ2v) is 10.7. The van der Waals surface area contributed by atoms with Gasteiger partial charge in [0, 0.05) is 11.6 Å². The molecular formula is C23H29NO5S2. The molecule has 0 amide bonds. The zero-order valence-corrected chi connectivity index (χ0v) is 20.3. The number of aliphatic hydroxyl groups excluding tert-OH is 1. The van der Waals surface area contributed by atoms with Gasteiger partial charge in [0.05, 0.1) is 27.8 Å². The van der Waals surface area contributed by atoms with Crippen LogP contribution in [0.15, 0.2) is 41.3 Å². The highest BCUT2D eigenvalue weighted by Crippen LogP contribution is 2.38. The lowest BCUT2D eigenvalue weighted by Gasteiger charge is -2.22. The van der Waals surface area contributed by atoms with Gasteiger partial charge in [0.25, 0.3) is 5.19 Å². The van der Waals surface area contributed by atoms with E-state index in [9.17, 15) is 9.32 Å². The van der Waals surface area contributed by atoms with Crippen molar-refractivity contribution in [3.8, 4) is 10.9 Å². The lowest BCUT2D eigenvalue weighted by molar-refractivity contribution is 0.114. The highest BCUT2D eigenvalue weighted by molar-refractivity contribution is 7.80. The Kier molecular flexibility index (Phi) is 7.36. The molecule has 1 aromatic heterocycles. The van der Waals surface area contributed by atoms with E-state index in [1.807, 2.05) is 59.7 Å². The van der Waals surface area contributed by atoms with Crippen LogP contribution in [-0.4, -0.2) is 32.6 Å². The first-order chi connectivity index (χ1) is 14.5. The molecule has 1 N–H and O–H groups in total. The van der Waals surface area contributed by atoms with Gasteiger partial charge >= 0.3 is 0 Å². The molecule has 3 rings (SSSR count). The van der Waals surface area contributed by atoms with E-state index >= 15 is 0 Å². The minimum atomic E-state index is -1.67. The van der Waals surface area contributed by atoms with Crippen LogP contribution < -0.4 is 9.47 Å². The zero-order chi connectivity index (χ0) is 22.8. The van der Waals surface area contributed by atoms with Crippen molar-refractivity contribution in [2.24, 2.45) is 0 Å². The van der Waals surface area contributed by atoms with Crippen LogP contribution in [0.2, 0.25) is 0 Å². The standard InChI is InChI=1S/C23H29NO5S2/c1-14(2)28-22-24-19-12-16(29-23(4,5)6)11-18(21(19)30-22)20(25)13-27-31(26)17-9-7-15(3)8-10-17/h7-12,14,20,25H,13H2,1-6H3/t20-,31?/m0/s1. The van der Waals surface area contributed by atoms with Gasteiger partial charge in [-0.2, -0.15) is 0 Å². The lowest BCUT2D eigenvalue weighted by Crippen LogP contribution is -2.23. The van der Waals surface area contributed by atoms with Gasteiger partial charge in [-0.05, 0) is 59.7 Å². The molecule has 0 bridgehead atoms. The number of hydrogen-bond donors (Lipinski definition) is 1. The highest BCUT2D eigenvalue weighted by Gasteiger charge is 2.21. The second-order valence-electron chi connectivity index (χ2n) is 8.57. The third-order valence-corrected chi connectivity index (χ3v) is 6.16. The molecule has 1 heterocycles. The van der Waals surface area contributed by atoms with Crippen molar-refractivity contribution in [3.05, 3.63) is 47.5 Å². The largest absolute Gasteiger partial charge is 0.488 e. The Bertz CT molecular complexity index is 1050. The molecule has 0 spiro atoms. The number of rotatable bonds is 8. The van der Waals surface area contributed by atoms with E-state index in [0.29, 0.717) is 26.9 Å². The first-order valence-electron chi connectivity index (χ1n) is 10.1. The van der Waals surface area contributed by atoms with E-state index in [2.05, 4.69) is 4.98 Å². The van der Waals surface area contributed by atoms with Gasteiger partial charge in [0.2, 0.25) is 0 Å². The number of nitrogens with zero attached hydrogens (tertiary/aromatic N) is 1. The van der Waals surface area contributed by atoms with Crippen LogP contribution in [-0.2, 0) is 15.3 Å². The summed E-state index contributed by atoms with van der Waals surface area (Å²) >= 11 is -0.313.